The second-order valence-electron chi connectivity index (χ2n) is 5.98. The second kappa shape index (κ2) is 4.40. The molecule has 4 heteroatoms. The van der Waals surface area contributed by atoms with Crippen LogP contribution in [-0.4, -0.2) is 9.97 Å². The highest BCUT2D eigenvalue weighted by Crippen LogP contribution is 2.39. The number of nitrogen functional groups attached to an aromatic ring is 1. The minimum Gasteiger partial charge on any atom is -0.383 e. The molecule has 0 fully saturated rings. The lowest BCUT2D eigenvalue weighted by molar-refractivity contribution is 0.672. The van der Waals surface area contributed by atoms with Gasteiger partial charge in [-0.05, 0) is 37.3 Å². The minimum atomic E-state index is 0.612. The van der Waals surface area contributed by atoms with E-state index in [9.17, 15) is 0 Å². The van der Waals surface area contributed by atoms with Crippen LogP contribution >= 0.6 is 11.3 Å². The van der Waals surface area contributed by atoms with Crippen molar-refractivity contribution >= 4 is 48.4 Å². The normalized spacial score (nSPS) is 14.7. The molecule has 2 N–H and O–H groups in total. The zero-order chi connectivity index (χ0) is 14.7. The highest BCUT2D eigenvalue weighted by molar-refractivity contribution is 7.26. The number of aryl methyl sites for hydroxylation is 2. The Kier molecular flexibility index (Phi) is 2.47. The summed E-state index contributed by atoms with van der Waals surface area (Å²) < 4.78 is 1.20. The molecule has 4 aromatic rings. The maximum atomic E-state index is 6.18. The van der Waals surface area contributed by atoms with E-state index < -0.39 is 0 Å². The van der Waals surface area contributed by atoms with Crippen LogP contribution in [0.15, 0.2) is 30.3 Å². The van der Waals surface area contributed by atoms with Crippen LogP contribution in [0.25, 0.3) is 31.2 Å². The molecule has 0 radical (unpaired) electrons. The summed E-state index contributed by atoms with van der Waals surface area (Å²) >= 11 is 1.74. The van der Waals surface area contributed by atoms with Gasteiger partial charge in [0.25, 0.3) is 0 Å². The van der Waals surface area contributed by atoms with Crippen LogP contribution in [0.5, 0.6) is 0 Å². The van der Waals surface area contributed by atoms with Crippen molar-refractivity contribution in [2.24, 2.45) is 0 Å². The molecule has 3 heterocycles. The first-order valence-electron chi connectivity index (χ1n) is 7.70. The summed E-state index contributed by atoms with van der Waals surface area (Å²) in [7, 11) is 0. The van der Waals surface area contributed by atoms with Gasteiger partial charge in [-0.2, -0.15) is 0 Å². The molecule has 22 heavy (non-hydrogen) atoms. The lowest BCUT2D eigenvalue weighted by Crippen LogP contribution is -2.04. The summed E-state index contributed by atoms with van der Waals surface area (Å²) in [6, 6.07) is 10.5. The number of hydrogen-bond donors (Lipinski definition) is 1. The standard InChI is InChI=1S/C18H15N3S/c19-17-12-7-3-2-6-11(12)16-15(21-17)13-9-10-5-1-4-8-14(10)20-18(13)22-16/h2-3,6-7,9H,1,4-5,8H2,(H2,19,21). The van der Waals surface area contributed by atoms with E-state index in [2.05, 4.69) is 23.2 Å². The number of fused-ring (bicyclic) bond motifs is 6. The van der Waals surface area contributed by atoms with Crippen molar-refractivity contribution in [1.29, 1.82) is 0 Å². The van der Waals surface area contributed by atoms with E-state index in [4.69, 9.17) is 10.7 Å². The van der Waals surface area contributed by atoms with Crippen LogP contribution in [0.3, 0.4) is 0 Å². The first kappa shape index (κ1) is 12.4. The number of thiophene rings is 1. The molecule has 0 saturated heterocycles. The molecule has 0 amide bonds. The second-order valence-corrected chi connectivity index (χ2v) is 6.98. The zero-order valence-corrected chi connectivity index (χ0v) is 12.9. The Morgan fingerprint density at radius 1 is 0.955 bits per heavy atom. The Morgan fingerprint density at radius 2 is 1.77 bits per heavy atom. The zero-order valence-electron chi connectivity index (χ0n) is 12.1. The molecule has 0 aliphatic heterocycles. The van der Waals surface area contributed by atoms with Gasteiger partial charge in [0.2, 0.25) is 0 Å². The van der Waals surface area contributed by atoms with E-state index in [0.29, 0.717) is 5.82 Å². The van der Waals surface area contributed by atoms with Gasteiger partial charge >= 0.3 is 0 Å². The van der Waals surface area contributed by atoms with Crippen molar-refractivity contribution in [2.75, 3.05) is 5.73 Å². The number of rotatable bonds is 0. The van der Waals surface area contributed by atoms with E-state index >= 15 is 0 Å². The lowest BCUT2D eigenvalue weighted by Gasteiger charge is -2.13. The molecule has 3 aromatic heterocycles. The van der Waals surface area contributed by atoms with Gasteiger partial charge in [0.1, 0.15) is 10.6 Å². The SMILES string of the molecule is Nc1nc2c3cc4c(nc3sc2c2ccccc12)CCCC4. The average Bonchev–Trinajstić information content (AvgIpc) is 2.91. The third kappa shape index (κ3) is 1.61. The highest BCUT2D eigenvalue weighted by atomic mass is 32.1. The Bertz CT molecular complexity index is 1050. The summed E-state index contributed by atoms with van der Waals surface area (Å²) in [4.78, 5) is 10.7. The van der Waals surface area contributed by atoms with E-state index in [-0.39, 0.29) is 0 Å². The van der Waals surface area contributed by atoms with Crippen LogP contribution in [-0.2, 0) is 12.8 Å². The van der Waals surface area contributed by atoms with Crippen molar-refractivity contribution < 1.29 is 0 Å². The van der Waals surface area contributed by atoms with Crippen LogP contribution < -0.4 is 5.73 Å². The van der Waals surface area contributed by atoms with Crippen LogP contribution in [0, 0.1) is 0 Å². The summed E-state index contributed by atoms with van der Waals surface area (Å²) in [6.45, 7) is 0. The molecule has 0 spiro atoms. The van der Waals surface area contributed by atoms with Crippen LogP contribution in [0.4, 0.5) is 5.82 Å². The fourth-order valence-electron chi connectivity index (χ4n) is 3.51. The fourth-order valence-corrected chi connectivity index (χ4v) is 4.66. The molecule has 3 nitrogen and oxygen atoms in total. The van der Waals surface area contributed by atoms with Crippen LogP contribution in [0.2, 0.25) is 0 Å². The molecule has 0 saturated carbocycles. The molecule has 0 atom stereocenters. The minimum absolute atomic E-state index is 0.612. The van der Waals surface area contributed by atoms with Crippen molar-refractivity contribution in [2.45, 2.75) is 25.7 Å². The number of anilines is 1. The molecule has 5 rings (SSSR count). The molecule has 108 valence electrons. The summed E-state index contributed by atoms with van der Waals surface area (Å²) in [6.07, 6.45) is 4.76. The third-order valence-electron chi connectivity index (χ3n) is 4.61. The van der Waals surface area contributed by atoms with Crippen molar-refractivity contribution in [1.82, 2.24) is 9.97 Å². The van der Waals surface area contributed by atoms with Gasteiger partial charge in [0.05, 0.1) is 10.2 Å². The Morgan fingerprint density at radius 3 is 2.68 bits per heavy atom. The highest BCUT2D eigenvalue weighted by Gasteiger charge is 2.17. The molecule has 0 unspecified atom stereocenters. The monoisotopic (exact) mass is 305 g/mol. The summed E-state index contributed by atoms with van der Waals surface area (Å²) in [5.74, 6) is 0.612. The number of benzene rings is 1. The number of pyridine rings is 2. The van der Waals surface area contributed by atoms with Crippen LogP contribution in [0.1, 0.15) is 24.1 Å². The first-order chi connectivity index (χ1) is 10.8. The molecule has 1 aliphatic carbocycles. The molecular formula is C18H15N3S. The molecule has 0 bridgehead atoms. The van der Waals surface area contributed by atoms with Crippen molar-refractivity contribution in [3.8, 4) is 0 Å². The maximum Gasteiger partial charge on any atom is 0.132 e. The van der Waals surface area contributed by atoms with Gasteiger partial charge < -0.3 is 5.73 Å². The van der Waals surface area contributed by atoms with Gasteiger partial charge in [0.15, 0.2) is 0 Å². The average molecular weight is 305 g/mol. The maximum absolute atomic E-state index is 6.18. The molecule has 1 aliphatic rings. The number of nitrogens with two attached hydrogens (primary N) is 1. The quantitative estimate of drug-likeness (QED) is 0.522. The number of hydrogen-bond acceptors (Lipinski definition) is 4. The molecular weight excluding hydrogens is 290 g/mol. The van der Waals surface area contributed by atoms with E-state index in [0.717, 1.165) is 34.0 Å². The number of aromatic nitrogens is 2. The smallest absolute Gasteiger partial charge is 0.132 e. The van der Waals surface area contributed by atoms with Gasteiger partial charge in [-0.1, -0.05) is 24.3 Å². The van der Waals surface area contributed by atoms with Crippen molar-refractivity contribution in [3.05, 3.63) is 41.6 Å². The van der Waals surface area contributed by atoms with E-state index in [1.165, 1.54) is 34.2 Å². The predicted octanol–water partition coefficient (Wildman–Crippen LogP) is 4.46. The van der Waals surface area contributed by atoms with Gasteiger partial charge in [-0.25, -0.2) is 9.97 Å². The summed E-state index contributed by atoms with van der Waals surface area (Å²) in [5, 5.41) is 3.38. The van der Waals surface area contributed by atoms with Gasteiger partial charge in [0, 0.05) is 21.9 Å². The lowest BCUT2D eigenvalue weighted by atomic mass is 9.95. The number of nitrogens with zero attached hydrogens (tertiary/aromatic N) is 2. The van der Waals surface area contributed by atoms with E-state index in [1.807, 2.05) is 12.1 Å². The topological polar surface area (TPSA) is 51.8 Å². The predicted molar refractivity (Wildman–Crippen MR) is 93.5 cm³/mol. The van der Waals surface area contributed by atoms with E-state index in [1.54, 1.807) is 11.3 Å². The van der Waals surface area contributed by atoms with Gasteiger partial charge in [-0.15, -0.1) is 11.3 Å². The Labute approximate surface area is 131 Å². The summed E-state index contributed by atoms with van der Waals surface area (Å²) in [5.41, 5.74) is 9.87. The fraction of sp³-hybridized carbons (Fsp3) is 0.222. The Balaban J connectivity index is 1.96. The van der Waals surface area contributed by atoms with Gasteiger partial charge in [-0.3, -0.25) is 0 Å². The first-order valence-corrected chi connectivity index (χ1v) is 8.52. The Hall–Kier alpha value is -2.20. The third-order valence-corrected chi connectivity index (χ3v) is 5.74. The van der Waals surface area contributed by atoms with Crippen molar-refractivity contribution in [3.63, 3.8) is 0 Å². The largest absolute Gasteiger partial charge is 0.383 e. The molecule has 1 aromatic carbocycles.